The van der Waals surface area contributed by atoms with Crippen molar-refractivity contribution in [2.24, 2.45) is 5.92 Å². The number of H-pyrrole nitrogens is 1. The largest absolute Gasteiger partial charge is 0.453 e. The summed E-state index contributed by atoms with van der Waals surface area (Å²) < 4.78 is 8.32. The Morgan fingerprint density at radius 3 is 2.55 bits per heavy atom. The third-order valence-electron chi connectivity index (χ3n) is 6.94. The summed E-state index contributed by atoms with van der Waals surface area (Å²) in [6.45, 7) is 0. The predicted molar refractivity (Wildman–Crippen MR) is 150 cm³/mol. The van der Waals surface area contributed by atoms with Gasteiger partial charge in [-0.05, 0) is 42.2 Å². The molecule has 5 aromatic rings. The minimum Gasteiger partial charge on any atom is -0.453 e. The van der Waals surface area contributed by atoms with Crippen LogP contribution in [0.2, 0.25) is 10.0 Å². The van der Waals surface area contributed by atoms with Crippen LogP contribution in [0.1, 0.15) is 31.0 Å². The smallest absolute Gasteiger partial charge is 0.411 e. The van der Waals surface area contributed by atoms with Crippen molar-refractivity contribution in [1.29, 1.82) is 0 Å². The monoisotopic (exact) mass is 575 g/mol. The first kappa shape index (κ1) is 26.0. The molecule has 1 amide bonds. The summed E-state index contributed by atoms with van der Waals surface area (Å²) in [5.74, 6) is 0.661. The number of hydrogen-bond donors (Lipinski definition) is 2. The molecule has 0 saturated heterocycles. The van der Waals surface area contributed by atoms with Gasteiger partial charge in [-0.15, -0.1) is 4.68 Å². The molecule has 2 aromatic carbocycles. The number of carbonyl (C=O) groups excluding carboxylic acids is 1. The summed E-state index contributed by atoms with van der Waals surface area (Å²) in [6, 6.07) is 15.2. The zero-order valence-electron chi connectivity index (χ0n) is 21.5. The van der Waals surface area contributed by atoms with Crippen molar-refractivity contribution in [3.05, 3.63) is 89.2 Å². The lowest BCUT2D eigenvalue weighted by Crippen LogP contribution is -2.32. The molecule has 0 spiro atoms. The normalized spacial score (nSPS) is 13.7. The highest BCUT2D eigenvalue weighted by Crippen LogP contribution is 2.40. The second-order valence-corrected chi connectivity index (χ2v) is 10.5. The summed E-state index contributed by atoms with van der Waals surface area (Å²) in [5, 5.41) is 18.7. The Kier molecular flexibility index (Phi) is 7.19. The van der Waals surface area contributed by atoms with Crippen LogP contribution in [-0.2, 0) is 4.74 Å². The van der Waals surface area contributed by atoms with Crippen molar-refractivity contribution in [3.8, 4) is 27.9 Å². The van der Waals surface area contributed by atoms with E-state index in [-0.39, 0.29) is 6.04 Å². The molecule has 0 aliphatic heterocycles. The van der Waals surface area contributed by atoms with Crippen LogP contribution in [-0.4, -0.2) is 43.5 Å². The standard InChI is InChI=1S/C28H24Cl2N8O2/c1-40-28(39)34-21-7-4-18(5-8-21)20-14-33-37(15-20)27(10-17-2-3-17)25-9-6-19(13-31-25)22-11-23(29)24(30)12-26(22)38-16-32-35-36-38/h4-9,11-17,27H,2-3,10H2,1H3,(H,34,39)/p+1. The SMILES string of the molecule is COC(=O)Nc1ccc(-c2cnn(C(CC3CC3)c3ccc(-c4cc(Cl)c(Cl)cc4-[n+]4cnn[nH]4)cn3)c2)cc1. The van der Waals surface area contributed by atoms with E-state index >= 15 is 0 Å². The van der Waals surface area contributed by atoms with Crippen LogP contribution in [0.15, 0.2) is 73.4 Å². The Morgan fingerprint density at radius 2 is 1.88 bits per heavy atom. The van der Waals surface area contributed by atoms with Crippen molar-refractivity contribution >= 4 is 35.0 Å². The average Bonchev–Trinajstić information content (AvgIpc) is 3.40. The molecule has 0 bridgehead atoms. The van der Waals surface area contributed by atoms with E-state index in [1.807, 2.05) is 65.7 Å². The third kappa shape index (κ3) is 5.54. The molecule has 40 heavy (non-hydrogen) atoms. The Labute approximate surface area is 239 Å². The maximum Gasteiger partial charge on any atom is 0.411 e. The second-order valence-electron chi connectivity index (χ2n) is 9.65. The predicted octanol–water partition coefficient (Wildman–Crippen LogP) is 5.88. The lowest BCUT2D eigenvalue weighted by atomic mass is 10.0. The highest BCUT2D eigenvalue weighted by Gasteiger charge is 2.29. The number of ether oxygens (including phenoxy) is 1. The van der Waals surface area contributed by atoms with Gasteiger partial charge >= 0.3 is 6.09 Å². The van der Waals surface area contributed by atoms with Gasteiger partial charge < -0.3 is 4.74 Å². The molecule has 1 aliphatic carbocycles. The van der Waals surface area contributed by atoms with E-state index in [1.54, 1.807) is 17.1 Å². The van der Waals surface area contributed by atoms with Crippen molar-refractivity contribution in [2.75, 3.05) is 12.4 Å². The number of hydrogen-bond acceptors (Lipinski definition) is 6. The van der Waals surface area contributed by atoms with E-state index in [9.17, 15) is 4.79 Å². The first-order chi connectivity index (χ1) is 19.5. The minimum absolute atomic E-state index is 0.00461. The molecule has 12 heteroatoms. The van der Waals surface area contributed by atoms with Crippen LogP contribution in [0.5, 0.6) is 0 Å². The fraction of sp³-hybridized carbons (Fsp3) is 0.214. The number of amides is 1. The first-order valence-corrected chi connectivity index (χ1v) is 13.5. The van der Waals surface area contributed by atoms with E-state index in [0.717, 1.165) is 40.1 Å². The summed E-state index contributed by atoms with van der Waals surface area (Å²) in [6.07, 6.45) is 10.2. The fourth-order valence-corrected chi connectivity index (χ4v) is 4.95. The minimum atomic E-state index is -0.505. The summed E-state index contributed by atoms with van der Waals surface area (Å²) in [4.78, 5) is 16.3. The molecule has 0 radical (unpaired) electrons. The zero-order chi connectivity index (χ0) is 27.6. The molecule has 1 atom stereocenters. The van der Waals surface area contributed by atoms with Crippen molar-refractivity contribution in [2.45, 2.75) is 25.3 Å². The van der Waals surface area contributed by atoms with Crippen LogP contribution >= 0.6 is 23.2 Å². The van der Waals surface area contributed by atoms with E-state index in [4.69, 9.17) is 33.3 Å². The summed E-state index contributed by atoms with van der Waals surface area (Å²) in [5.41, 5.74) is 6.04. The van der Waals surface area contributed by atoms with Crippen LogP contribution in [0, 0.1) is 5.92 Å². The molecule has 6 rings (SSSR count). The van der Waals surface area contributed by atoms with Crippen molar-refractivity contribution < 1.29 is 14.2 Å². The van der Waals surface area contributed by atoms with Gasteiger partial charge in [-0.1, -0.05) is 59.5 Å². The van der Waals surface area contributed by atoms with Crippen LogP contribution in [0.3, 0.4) is 0 Å². The molecule has 1 saturated carbocycles. The molecule has 1 unspecified atom stereocenters. The van der Waals surface area contributed by atoms with E-state index in [1.165, 1.54) is 20.0 Å². The van der Waals surface area contributed by atoms with Gasteiger partial charge in [0.25, 0.3) is 6.33 Å². The van der Waals surface area contributed by atoms with Gasteiger partial charge in [-0.2, -0.15) is 5.10 Å². The highest BCUT2D eigenvalue weighted by molar-refractivity contribution is 6.42. The van der Waals surface area contributed by atoms with Gasteiger partial charge in [0.05, 0.1) is 35.1 Å². The van der Waals surface area contributed by atoms with Gasteiger partial charge in [0.1, 0.15) is 10.8 Å². The molecule has 3 heterocycles. The van der Waals surface area contributed by atoms with Crippen molar-refractivity contribution in [1.82, 2.24) is 30.3 Å². The van der Waals surface area contributed by atoms with E-state index in [2.05, 4.69) is 25.6 Å². The number of pyridine rings is 1. The Hall–Kier alpha value is -4.28. The summed E-state index contributed by atoms with van der Waals surface area (Å²) in [7, 11) is 1.33. The van der Waals surface area contributed by atoms with Gasteiger partial charge in [0.2, 0.25) is 0 Å². The van der Waals surface area contributed by atoms with Crippen LogP contribution in [0.25, 0.3) is 27.9 Å². The number of aromatic amines is 1. The summed E-state index contributed by atoms with van der Waals surface area (Å²) >= 11 is 12.7. The Balaban J connectivity index is 1.28. The van der Waals surface area contributed by atoms with E-state index < -0.39 is 6.09 Å². The average molecular weight is 576 g/mol. The first-order valence-electron chi connectivity index (χ1n) is 12.7. The van der Waals surface area contributed by atoms with E-state index in [0.29, 0.717) is 21.7 Å². The number of methoxy groups -OCH3 is 1. The maximum atomic E-state index is 11.5. The molecular formula is C28H25Cl2N8O2+. The number of aromatic nitrogens is 7. The number of benzene rings is 2. The maximum absolute atomic E-state index is 11.5. The number of rotatable bonds is 8. The third-order valence-corrected chi connectivity index (χ3v) is 7.66. The lowest BCUT2D eigenvalue weighted by Gasteiger charge is -2.18. The molecule has 202 valence electrons. The molecule has 1 fully saturated rings. The van der Waals surface area contributed by atoms with Gasteiger partial charge in [-0.3, -0.25) is 15.0 Å². The number of anilines is 1. The van der Waals surface area contributed by atoms with Gasteiger partial charge in [0.15, 0.2) is 5.21 Å². The topological polar surface area (TPSA) is 114 Å². The van der Waals surface area contributed by atoms with Gasteiger partial charge in [-0.25, -0.2) is 4.79 Å². The number of carbonyl (C=O) groups is 1. The van der Waals surface area contributed by atoms with Gasteiger partial charge in [0, 0.05) is 40.8 Å². The fourth-order valence-electron chi connectivity index (χ4n) is 4.63. The highest BCUT2D eigenvalue weighted by atomic mass is 35.5. The van der Waals surface area contributed by atoms with Crippen LogP contribution in [0.4, 0.5) is 10.5 Å². The number of halogens is 2. The Morgan fingerprint density at radius 1 is 1.10 bits per heavy atom. The molecule has 1 aliphatic rings. The van der Waals surface area contributed by atoms with Crippen molar-refractivity contribution in [3.63, 3.8) is 0 Å². The number of nitrogens with zero attached hydrogens (tertiary/aromatic N) is 6. The number of tetrazole rings is 1. The Bertz CT molecular complexity index is 1630. The second kappa shape index (κ2) is 11.1. The molecule has 3 aromatic heterocycles. The lowest BCUT2D eigenvalue weighted by molar-refractivity contribution is -0.659. The molecule has 2 N–H and O–H groups in total. The molecule has 10 nitrogen and oxygen atoms in total. The molecular weight excluding hydrogens is 551 g/mol. The zero-order valence-corrected chi connectivity index (χ0v) is 23.0. The number of nitrogens with one attached hydrogen (secondary N) is 2. The van der Waals surface area contributed by atoms with Crippen LogP contribution < -0.4 is 10.00 Å². The quantitative estimate of drug-likeness (QED) is 0.223.